The van der Waals surface area contributed by atoms with Crippen molar-refractivity contribution in [2.75, 3.05) is 14.1 Å². The molecule has 3 nitrogen and oxygen atoms in total. The van der Waals surface area contributed by atoms with Crippen LogP contribution in [0.4, 0.5) is 0 Å². The van der Waals surface area contributed by atoms with Gasteiger partial charge in [0.25, 0.3) is 0 Å². The lowest BCUT2D eigenvalue weighted by molar-refractivity contribution is 0.0991. The van der Waals surface area contributed by atoms with Crippen molar-refractivity contribution in [3.05, 3.63) is 28.2 Å². The molecule has 0 aliphatic rings. The Labute approximate surface area is 125 Å². The topological polar surface area (TPSA) is 40.5 Å². The minimum absolute atomic E-state index is 0.00794. The lowest BCUT2D eigenvalue weighted by Crippen LogP contribution is -2.22. The zero-order valence-electron chi connectivity index (χ0n) is 10.3. The highest BCUT2D eigenvalue weighted by molar-refractivity contribution is 9.10. The van der Waals surface area contributed by atoms with E-state index in [9.17, 15) is 9.90 Å². The predicted octanol–water partition coefficient (Wildman–Crippen LogP) is 3.31. The first-order valence-electron chi connectivity index (χ1n) is 5.23. The van der Waals surface area contributed by atoms with Crippen LogP contribution in [-0.4, -0.2) is 39.5 Å². The van der Waals surface area contributed by atoms with Gasteiger partial charge in [0, 0.05) is 18.6 Å². The fourth-order valence-corrected chi connectivity index (χ4v) is 2.78. The number of carbonyl (C=O) groups is 1. The number of ketones is 1. The van der Waals surface area contributed by atoms with Gasteiger partial charge in [-0.25, -0.2) is 0 Å². The van der Waals surface area contributed by atoms with Gasteiger partial charge in [-0.15, -0.1) is 0 Å². The van der Waals surface area contributed by atoms with Crippen molar-refractivity contribution >= 4 is 50.0 Å². The van der Waals surface area contributed by atoms with E-state index in [1.54, 1.807) is 24.0 Å². The molecule has 1 N–H and O–H groups in total. The predicted molar refractivity (Wildman–Crippen MR) is 83.5 cm³/mol. The van der Waals surface area contributed by atoms with Gasteiger partial charge in [-0.2, -0.15) is 0 Å². The van der Waals surface area contributed by atoms with Gasteiger partial charge in [-0.3, -0.25) is 4.79 Å². The maximum Gasteiger partial charge on any atom is 0.179 e. The third-order valence-corrected chi connectivity index (χ3v) is 4.52. The molecular weight excluding hydrogens is 334 g/mol. The molecule has 0 aliphatic carbocycles. The molecule has 0 bridgehead atoms. The Morgan fingerprint density at radius 3 is 2.67 bits per heavy atom. The molecule has 1 aromatic carbocycles. The number of hydrogen-bond acceptors (Lipinski definition) is 4. The summed E-state index contributed by atoms with van der Waals surface area (Å²) >= 11 is 9.74. The largest absolute Gasteiger partial charge is 0.507 e. The van der Waals surface area contributed by atoms with Crippen LogP contribution in [-0.2, 0) is 0 Å². The van der Waals surface area contributed by atoms with Gasteiger partial charge in [-0.05, 0) is 25.1 Å². The number of rotatable bonds is 3. The Morgan fingerprint density at radius 1 is 1.50 bits per heavy atom. The second-order valence-corrected chi connectivity index (χ2v) is 6.84. The van der Waals surface area contributed by atoms with Crippen LogP contribution in [0.5, 0.6) is 5.75 Å². The van der Waals surface area contributed by atoms with Crippen LogP contribution >= 0.6 is 39.9 Å². The van der Waals surface area contributed by atoms with Gasteiger partial charge in [0.15, 0.2) is 5.78 Å². The monoisotopic (exact) mass is 347 g/mol. The Bertz CT molecular complexity index is 477. The van der Waals surface area contributed by atoms with Crippen LogP contribution in [0.2, 0.25) is 0 Å². The molecule has 0 amide bonds. The summed E-state index contributed by atoms with van der Waals surface area (Å²) in [6, 6.07) is 4.81. The van der Waals surface area contributed by atoms with E-state index in [0.29, 0.717) is 9.88 Å². The number of phenols is 1. The van der Waals surface area contributed by atoms with Crippen LogP contribution in [0.25, 0.3) is 0 Å². The fourth-order valence-electron chi connectivity index (χ4n) is 1.23. The van der Waals surface area contributed by atoms with E-state index >= 15 is 0 Å². The molecule has 0 saturated heterocycles. The van der Waals surface area contributed by atoms with Crippen molar-refractivity contribution in [3.63, 3.8) is 0 Å². The number of carbonyl (C=O) groups excluding carboxylic acids is 1. The van der Waals surface area contributed by atoms with Crippen LogP contribution < -0.4 is 0 Å². The average molecular weight is 348 g/mol. The van der Waals surface area contributed by atoms with Gasteiger partial charge in [0.2, 0.25) is 0 Å². The first-order chi connectivity index (χ1) is 8.32. The maximum absolute atomic E-state index is 12.2. The summed E-state index contributed by atoms with van der Waals surface area (Å²) in [5, 5.41) is 9.37. The summed E-state index contributed by atoms with van der Waals surface area (Å²) in [7, 11) is 3.67. The quantitative estimate of drug-likeness (QED) is 0.670. The molecule has 0 aromatic heterocycles. The number of halogens is 1. The Hall–Kier alpha value is -0.590. The molecule has 0 fully saturated rings. The smallest absolute Gasteiger partial charge is 0.179 e. The van der Waals surface area contributed by atoms with Crippen molar-refractivity contribution in [1.82, 2.24) is 4.90 Å². The SMILES string of the molecule is C[C@@H](SC(=S)N(C)C)C(=O)c1cc(Br)ccc1O. The van der Waals surface area contributed by atoms with Gasteiger partial charge in [-0.1, -0.05) is 39.9 Å². The Kier molecular flexibility index (Phi) is 5.62. The van der Waals surface area contributed by atoms with Crippen molar-refractivity contribution in [2.24, 2.45) is 0 Å². The molecule has 0 spiro atoms. The lowest BCUT2D eigenvalue weighted by atomic mass is 10.1. The number of aromatic hydroxyl groups is 1. The molecular formula is C12H14BrNO2S2. The summed E-state index contributed by atoms with van der Waals surface area (Å²) in [5.41, 5.74) is 0.311. The van der Waals surface area contributed by atoms with Crippen LogP contribution in [0.15, 0.2) is 22.7 Å². The van der Waals surface area contributed by atoms with Gasteiger partial charge >= 0.3 is 0 Å². The number of benzene rings is 1. The average Bonchev–Trinajstić information content (AvgIpc) is 2.31. The number of phenolic OH excluding ortho intramolecular Hbond substituents is 1. The van der Waals surface area contributed by atoms with Crippen molar-refractivity contribution in [1.29, 1.82) is 0 Å². The minimum atomic E-state index is -0.333. The molecule has 18 heavy (non-hydrogen) atoms. The van der Waals surface area contributed by atoms with Gasteiger partial charge < -0.3 is 10.0 Å². The maximum atomic E-state index is 12.2. The van der Waals surface area contributed by atoms with E-state index in [1.165, 1.54) is 17.8 Å². The zero-order valence-corrected chi connectivity index (χ0v) is 13.5. The van der Waals surface area contributed by atoms with Crippen molar-refractivity contribution in [2.45, 2.75) is 12.2 Å². The first kappa shape index (κ1) is 15.5. The van der Waals surface area contributed by atoms with E-state index in [1.807, 2.05) is 14.1 Å². The lowest BCUT2D eigenvalue weighted by Gasteiger charge is -2.17. The highest BCUT2D eigenvalue weighted by Crippen LogP contribution is 2.27. The molecule has 1 rings (SSSR count). The molecule has 1 atom stereocenters. The number of thiocarbonyl (C=S) groups is 1. The van der Waals surface area contributed by atoms with Crippen molar-refractivity contribution in [3.8, 4) is 5.75 Å². The van der Waals surface area contributed by atoms with E-state index in [2.05, 4.69) is 15.9 Å². The van der Waals surface area contributed by atoms with Gasteiger partial charge in [0.1, 0.15) is 10.1 Å². The summed E-state index contributed by atoms with van der Waals surface area (Å²) in [4.78, 5) is 14.0. The summed E-state index contributed by atoms with van der Waals surface area (Å²) in [6.07, 6.45) is 0. The number of Topliss-reactive ketones (excluding diaryl/α,β-unsaturated/α-hetero) is 1. The normalized spacial score (nSPS) is 12.0. The molecule has 6 heteroatoms. The number of hydrogen-bond donors (Lipinski definition) is 1. The Morgan fingerprint density at radius 2 is 2.11 bits per heavy atom. The standard InChI is InChI=1S/C12H14BrNO2S2/c1-7(18-12(17)14(2)3)11(16)9-6-8(13)4-5-10(9)15/h4-7,15H,1-3H3/t7-/m1/s1. The third-order valence-electron chi connectivity index (χ3n) is 2.24. The van der Waals surface area contributed by atoms with E-state index in [-0.39, 0.29) is 16.8 Å². The van der Waals surface area contributed by atoms with Crippen LogP contribution in [0.3, 0.4) is 0 Å². The minimum Gasteiger partial charge on any atom is -0.507 e. The number of nitrogens with zero attached hydrogens (tertiary/aromatic N) is 1. The fraction of sp³-hybridized carbons (Fsp3) is 0.333. The first-order valence-corrected chi connectivity index (χ1v) is 7.31. The molecule has 98 valence electrons. The highest BCUT2D eigenvalue weighted by atomic mass is 79.9. The van der Waals surface area contributed by atoms with Crippen LogP contribution in [0.1, 0.15) is 17.3 Å². The summed E-state index contributed by atoms with van der Waals surface area (Å²) in [5.74, 6) is -0.144. The summed E-state index contributed by atoms with van der Waals surface area (Å²) in [6.45, 7) is 1.78. The summed E-state index contributed by atoms with van der Waals surface area (Å²) < 4.78 is 1.40. The zero-order chi connectivity index (χ0) is 13.9. The molecule has 0 saturated carbocycles. The highest BCUT2D eigenvalue weighted by Gasteiger charge is 2.21. The molecule has 0 unspecified atom stereocenters. The second kappa shape index (κ2) is 6.54. The van der Waals surface area contributed by atoms with E-state index in [4.69, 9.17) is 12.2 Å². The van der Waals surface area contributed by atoms with Gasteiger partial charge in [0.05, 0.1) is 10.8 Å². The van der Waals surface area contributed by atoms with Crippen molar-refractivity contribution < 1.29 is 9.90 Å². The second-order valence-electron chi connectivity index (χ2n) is 3.95. The number of thioether (sulfide) groups is 1. The molecule has 0 heterocycles. The third kappa shape index (κ3) is 3.96. The Balaban J connectivity index is 2.87. The molecule has 0 radical (unpaired) electrons. The van der Waals surface area contributed by atoms with E-state index < -0.39 is 0 Å². The molecule has 0 aliphatic heterocycles. The van der Waals surface area contributed by atoms with Crippen LogP contribution in [0, 0.1) is 0 Å². The van der Waals surface area contributed by atoms with E-state index in [0.717, 1.165) is 4.47 Å². The molecule has 1 aromatic rings.